The second-order valence-electron chi connectivity index (χ2n) is 8.47. The molecule has 1 fully saturated rings. The van der Waals surface area contributed by atoms with Crippen LogP contribution in [-0.4, -0.2) is 46.0 Å². The van der Waals surface area contributed by atoms with Crippen LogP contribution < -0.4 is 10.1 Å². The highest BCUT2D eigenvalue weighted by Crippen LogP contribution is 2.27. The average molecular weight is 571 g/mol. The van der Waals surface area contributed by atoms with Crippen LogP contribution in [0.4, 0.5) is 4.39 Å². The number of carbonyl (C=O) groups excluding carboxylic acids is 3. The van der Waals surface area contributed by atoms with Gasteiger partial charge in [0.1, 0.15) is 24.2 Å². The van der Waals surface area contributed by atoms with Gasteiger partial charge in [0.25, 0.3) is 5.91 Å². The van der Waals surface area contributed by atoms with E-state index in [4.69, 9.17) is 21.1 Å². The Bertz CT molecular complexity index is 1430. The number of hydrogen-bond donors (Lipinski definition) is 1. The van der Waals surface area contributed by atoms with E-state index in [-0.39, 0.29) is 29.2 Å². The molecular formula is C28H24ClFN2O6S. The van der Waals surface area contributed by atoms with E-state index in [1.165, 1.54) is 55.7 Å². The van der Waals surface area contributed by atoms with Gasteiger partial charge in [0.15, 0.2) is 11.0 Å². The van der Waals surface area contributed by atoms with Gasteiger partial charge in [-0.3, -0.25) is 14.4 Å². The second kappa shape index (κ2) is 12.7. The Morgan fingerprint density at radius 1 is 1.13 bits per heavy atom. The van der Waals surface area contributed by atoms with E-state index < -0.39 is 47.0 Å². The summed E-state index contributed by atoms with van der Waals surface area (Å²) in [6.45, 7) is -0.284. The fourth-order valence-corrected chi connectivity index (χ4v) is 5.26. The number of rotatable bonds is 8. The van der Waals surface area contributed by atoms with Crippen molar-refractivity contribution in [3.05, 3.63) is 100 Å². The summed E-state index contributed by atoms with van der Waals surface area (Å²) in [6, 6.07) is 17.2. The predicted octanol–water partition coefficient (Wildman–Crippen LogP) is 4.05. The smallest absolute Gasteiger partial charge is 0.308 e. The number of amides is 2. The number of ether oxygens (including phenoxy) is 2. The van der Waals surface area contributed by atoms with E-state index in [0.717, 1.165) is 9.87 Å². The largest absolute Gasteiger partial charge is 0.496 e. The zero-order valence-electron chi connectivity index (χ0n) is 20.8. The number of hydrogen-bond acceptors (Lipinski definition) is 6. The molecule has 1 N–H and O–H groups in total. The highest BCUT2D eigenvalue weighted by Gasteiger charge is 2.40. The summed E-state index contributed by atoms with van der Waals surface area (Å²) < 4.78 is 39.1. The lowest BCUT2D eigenvalue weighted by Gasteiger charge is -2.27. The first kappa shape index (κ1) is 28.0. The minimum absolute atomic E-state index is 0.00900. The lowest BCUT2D eigenvalue weighted by molar-refractivity contribution is -0.148. The van der Waals surface area contributed by atoms with Gasteiger partial charge in [-0.1, -0.05) is 41.9 Å². The topological polar surface area (TPSA) is 102 Å². The molecule has 2 amide bonds. The molecule has 39 heavy (non-hydrogen) atoms. The first-order chi connectivity index (χ1) is 18.8. The molecular weight excluding hydrogens is 547 g/mol. The van der Waals surface area contributed by atoms with Gasteiger partial charge in [0.2, 0.25) is 5.91 Å². The van der Waals surface area contributed by atoms with Crippen LogP contribution in [-0.2, 0) is 36.7 Å². The van der Waals surface area contributed by atoms with E-state index >= 15 is 0 Å². The van der Waals surface area contributed by atoms with E-state index in [1.807, 2.05) is 6.07 Å². The van der Waals surface area contributed by atoms with Crippen molar-refractivity contribution in [2.24, 2.45) is 0 Å². The molecule has 11 heteroatoms. The zero-order valence-corrected chi connectivity index (χ0v) is 22.3. The summed E-state index contributed by atoms with van der Waals surface area (Å²) in [5.41, 5.74) is 0.992. The third-order valence-corrected chi connectivity index (χ3v) is 7.54. The molecule has 1 heterocycles. The van der Waals surface area contributed by atoms with Gasteiger partial charge in [-0.05, 0) is 54.1 Å². The molecule has 2 atom stereocenters. The monoisotopic (exact) mass is 570 g/mol. The van der Waals surface area contributed by atoms with Crippen LogP contribution in [0.1, 0.15) is 17.5 Å². The minimum atomic E-state index is -2.21. The summed E-state index contributed by atoms with van der Waals surface area (Å²) in [7, 11) is -0.812. The summed E-state index contributed by atoms with van der Waals surface area (Å²) in [5.74, 6) is -2.51. The number of halogens is 2. The number of esters is 1. The molecule has 0 radical (unpaired) electrons. The Hall–Kier alpha value is -4.02. The number of methoxy groups -OCH3 is 1. The average Bonchev–Trinajstić information content (AvgIpc) is 3.04. The molecule has 3 aromatic carbocycles. The Labute approximate surface area is 231 Å². The molecule has 1 aliphatic heterocycles. The first-order valence-corrected chi connectivity index (χ1v) is 13.3. The maximum absolute atomic E-state index is 14.0. The minimum Gasteiger partial charge on any atom is -0.496 e. The van der Waals surface area contributed by atoms with Gasteiger partial charge in [-0.2, -0.15) is 0 Å². The van der Waals surface area contributed by atoms with Gasteiger partial charge in [-0.25, -0.2) is 12.9 Å². The third-order valence-electron chi connectivity index (χ3n) is 5.83. The van der Waals surface area contributed by atoms with Crippen LogP contribution in [0.3, 0.4) is 0 Å². The number of carbonyl (C=O) groups is 3. The van der Waals surface area contributed by atoms with Crippen LogP contribution >= 0.6 is 11.6 Å². The molecule has 1 aliphatic rings. The summed E-state index contributed by atoms with van der Waals surface area (Å²) in [4.78, 5) is 39.9. The van der Waals surface area contributed by atoms with E-state index in [9.17, 15) is 23.0 Å². The van der Waals surface area contributed by atoms with Crippen molar-refractivity contribution in [1.82, 2.24) is 9.62 Å². The first-order valence-electron chi connectivity index (χ1n) is 11.8. The molecule has 0 bridgehead atoms. The fourth-order valence-electron chi connectivity index (χ4n) is 3.87. The lowest BCUT2D eigenvalue weighted by Crippen LogP contribution is -2.48. The predicted molar refractivity (Wildman–Crippen MR) is 143 cm³/mol. The van der Waals surface area contributed by atoms with Gasteiger partial charge >= 0.3 is 5.97 Å². The van der Waals surface area contributed by atoms with Crippen LogP contribution in [0.15, 0.2) is 83.3 Å². The number of benzene rings is 3. The van der Waals surface area contributed by atoms with Gasteiger partial charge < -0.3 is 14.8 Å². The van der Waals surface area contributed by atoms with Crippen molar-refractivity contribution in [3.63, 3.8) is 0 Å². The summed E-state index contributed by atoms with van der Waals surface area (Å²) in [6.07, 6.45) is 0.812. The SMILES string of the molecule is COc1ccc(F)cc1/C=C1\CNC(=O)C(CC(=O)OCc2ccccc2)N(S(=O)c2ccc(Cl)cc2)C1=O. The van der Waals surface area contributed by atoms with Crippen molar-refractivity contribution in [2.75, 3.05) is 13.7 Å². The number of nitrogens with zero attached hydrogens (tertiary/aromatic N) is 1. The molecule has 4 rings (SSSR count). The number of nitrogens with one attached hydrogen (secondary N) is 1. The van der Waals surface area contributed by atoms with Crippen molar-refractivity contribution in [3.8, 4) is 5.75 Å². The van der Waals surface area contributed by atoms with E-state index in [1.54, 1.807) is 24.3 Å². The summed E-state index contributed by atoms with van der Waals surface area (Å²) in [5, 5.41) is 2.99. The lowest BCUT2D eigenvalue weighted by atomic mass is 10.1. The van der Waals surface area contributed by atoms with Gasteiger partial charge in [0.05, 0.1) is 18.4 Å². The van der Waals surface area contributed by atoms with Crippen molar-refractivity contribution in [1.29, 1.82) is 0 Å². The third kappa shape index (κ3) is 6.90. The van der Waals surface area contributed by atoms with E-state index in [0.29, 0.717) is 10.8 Å². The molecule has 0 aliphatic carbocycles. The van der Waals surface area contributed by atoms with Crippen LogP contribution in [0, 0.1) is 5.82 Å². The Morgan fingerprint density at radius 2 is 1.85 bits per heavy atom. The molecule has 8 nitrogen and oxygen atoms in total. The molecule has 0 spiro atoms. The zero-order chi connectivity index (χ0) is 27.9. The maximum Gasteiger partial charge on any atom is 0.308 e. The van der Waals surface area contributed by atoms with Crippen LogP contribution in [0.2, 0.25) is 5.02 Å². The van der Waals surface area contributed by atoms with Gasteiger partial charge in [-0.15, -0.1) is 0 Å². The van der Waals surface area contributed by atoms with Crippen molar-refractivity contribution < 1.29 is 32.5 Å². The maximum atomic E-state index is 14.0. The Kier molecular flexibility index (Phi) is 9.11. The highest BCUT2D eigenvalue weighted by molar-refractivity contribution is 7.83. The quantitative estimate of drug-likeness (QED) is 0.324. The molecule has 202 valence electrons. The highest BCUT2D eigenvalue weighted by atomic mass is 35.5. The molecule has 1 saturated heterocycles. The molecule has 3 aromatic rings. The standard InChI is InChI=1S/C28H24ClFN2O6S/c1-37-25-12-9-22(30)14-19(25)13-20-16-31-27(34)24(15-26(33)38-17-18-5-3-2-4-6-18)32(28(20)35)39(36)23-10-7-21(29)8-11-23/h2-14,24H,15-17H2,1H3,(H,31,34)/b20-13+. The normalized spacial score (nSPS) is 17.4. The second-order valence-corrected chi connectivity index (χ2v) is 10.3. The van der Waals surface area contributed by atoms with Crippen LogP contribution in [0.25, 0.3) is 6.08 Å². The van der Waals surface area contributed by atoms with E-state index in [2.05, 4.69) is 5.32 Å². The molecule has 0 aromatic heterocycles. The van der Waals surface area contributed by atoms with Crippen molar-refractivity contribution >= 4 is 46.4 Å². The molecule has 0 saturated carbocycles. The van der Waals surface area contributed by atoms with Crippen molar-refractivity contribution in [2.45, 2.75) is 24.0 Å². The van der Waals surface area contributed by atoms with Gasteiger partial charge in [0, 0.05) is 22.7 Å². The van der Waals surface area contributed by atoms with Crippen LogP contribution in [0.5, 0.6) is 5.75 Å². The fraction of sp³-hybridized carbons (Fsp3) is 0.179. The Balaban J connectivity index is 1.68. The summed E-state index contributed by atoms with van der Waals surface area (Å²) >= 11 is 5.96. The molecule has 2 unspecified atom stereocenters. The Morgan fingerprint density at radius 3 is 2.54 bits per heavy atom.